The number of rotatable bonds is 2. The van der Waals surface area contributed by atoms with Crippen LogP contribution in [0.25, 0.3) is 0 Å². The maximum absolute atomic E-state index is 12.3. The Kier molecular flexibility index (Phi) is 2.60. The van der Waals surface area contributed by atoms with Crippen molar-refractivity contribution in [1.82, 2.24) is 4.90 Å². The second kappa shape index (κ2) is 4.00. The van der Waals surface area contributed by atoms with Gasteiger partial charge in [-0.25, -0.2) is 0 Å². The zero-order valence-corrected chi connectivity index (χ0v) is 9.97. The molecule has 1 saturated heterocycles. The molecule has 0 aromatic rings. The topological polar surface area (TPSA) is 57.6 Å². The smallest absolute Gasteiger partial charge is 0.306 e. The summed E-state index contributed by atoms with van der Waals surface area (Å²) in [6.45, 7) is 0.928. The summed E-state index contributed by atoms with van der Waals surface area (Å²) in [7, 11) is 0. The van der Waals surface area contributed by atoms with Crippen LogP contribution in [0, 0.1) is 17.8 Å². The number of likely N-dealkylation sites (tertiary alicyclic amines) is 1. The Morgan fingerprint density at radius 2 is 1.76 bits per heavy atom. The molecule has 2 aliphatic carbocycles. The molecule has 2 saturated carbocycles. The minimum atomic E-state index is -0.733. The van der Waals surface area contributed by atoms with E-state index < -0.39 is 5.97 Å². The number of amides is 1. The van der Waals surface area contributed by atoms with Gasteiger partial charge in [-0.15, -0.1) is 0 Å². The van der Waals surface area contributed by atoms with Crippen LogP contribution in [0.15, 0.2) is 0 Å². The minimum absolute atomic E-state index is 0.0181. The van der Waals surface area contributed by atoms with Gasteiger partial charge in [-0.3, -0.25) is 9.59 Å². The van der Waals surface area contributed by atoms with Crippen molar-refractivity contribution in [3.05, 3.63) is 0 Å². The van der Waals surface area contributed by atoms with Crippen LogP contribution in [0.3, 0.4) is 0 Å². The molecule has 1 amide bonds. The molecule has 0 aromatic carbocycles. The maximum atomic E-state index is 12.3. The highest BCUT2D eigenvalue weighted by Gasteiger charge is 2.44. The number of hydrogen-bond donors (Lipinski definition) is 1. The predicted octanol–water partition coefficient (Wildman–Crippen LogP) is 1.50. The number of piperidine rings is 1. The average Bonchev–Trinajstić information content (AvgIpc) is 3.03. The summed E-state index contributed by atoms with van der Waals surface area (Å²) in [4.78, 5) is 25.3. The van der Waals surface area contributed by atoms with E-state index in [-0.39, 0.29) is 17.7 Å². The quantitative estimate of drug-likeness (QED) is 0.791. The highest BCUT2D eigenvalue weighted by Crippen LogP contribution is 2.40. The largest absolute Gasteiger partial charge is 0.481 e. The first-order chi connectivity index (χ1) is 8.15. The van der Waals surface area contributed by atoms with Crippen LogP contribution in [0.1, 0.15) is 38.5 Å². The lowest BCUT2D eigenvalue weighted by Crippen LogP contribution is -2.40. The van der Waals surface area contributed by atoms with Crippen molar-refractivity contribution in [2.24, 2.45) is 17.8 Å². The number of fused-ring (bicyclic) bond motifs is 2. The van der Waals surface area contributed by atoms with Crippen LogP contribution >= 0.6 is 0 Å². The highest BCUT2D eigenvalue weighted by molar-refractivity contribution is 5.81. The van der Waals surface area contributed by atoms with Gasteiger partial charge in [0.15, 0.2) is 0 Å². The standard InChI is InChI=1S/C13H19NO3/c15-12(9-2-3-10(6-9)13(16)17)14-7-8-1-4-11(14)5-8/h8-11H,1-7H2,(H,16,17)/t8?,9-,10+,11?/m0/s1. The van der Waals surface area contributed by atoms with Crippen molar-refractivity contribution in [2.45, 2.75) is 44.6 Å². The normalized spacial score (nSPS) is 39.9. The molecule has 0 radical (unpaired) electrons. The molecule has 1 heterocycles. The second-order valence-electron chi connectivity index (χ2n) is 5.87. The number of carboxylic acid groups (broad SMARTS) is 1. The van der Waals surface area contributed by atoms with E-state index in [1.165, 1.54) is 12.8 Å². The van der Waals surface area contributed by atoms with E-state index in [2.05, 4.69) is 0 Å². The first-order valence-electron chi connectivity index (χ1n) is 6.68. The molecule has 0 aromatic heterocycles. The van der Waals surface area contributed by atoms with Gasteiger partial charge in [-0.2, -0.15) is 0 Å². The van der Waals surface area contributed by atoms with E-state index in [0.717, 1.165) is 25.3 Å². The fourth-order valence-electron chi connectivity index (χ4n) is 3.86. The van der Waals surface area contributed by atoms with Gasteiger partial charge in [-0.05, 0) is 44.4 Å². The fourth-order valence-corrected chi connectivity index (χ4v) is 3.86. The molecule has 2 bridgehead atoms. The van der Waals surface area contributed by atoms with E-state index in [1.54, 1.807) is 0 Å². The summed E-state index contributed by atoms with van der Waals surface area (Å²) in [5.74, 6) is -0.0796. The molecule has 2 unspecified atom stereocenters. The Morgan fingerprint density at radius 1 is 1.00 bits per heavy atom. The highest BCUT2D eigenvalue weighted by atomic mass is 16.4. The molecule has 3 aliphatic rings. The summed E-state index contributed by atoms with van der Waals surface area (Å²) < 4.78 is 0. The average molecular weight is 237 g/mol. The third-order valence-electron chi connectivity index (χ3n) is 4.82. The summed E-state index contributed by atoms with van der Waals surface area (Å²) in [5.41, 5.74) is 0. The van der Waals surface area contributed by atoms with Gasteiger partial charge in [0.2, 0.25) is 5.91 Å². The van der Waals surface area contributed by atoms with Crippen molar-refractivity contribution in [3.8, 4) is 0 Å². The van der Waals surface area contributed by atoms with Crippen LogP contribution < -0.4 is 0 Å². The summed E-state index contributed by atoms with van der Waals surface area (Å²) in [6.07, 6.45) is 5.61. The van der Waals surface area contributed by atoms with Gasteiger partial charge in [0, 0.05) is 18.5 Å². The van der Waals surface area contributed by atoms with E-state index in [4.69, 9.17) is 5.11 Å². The van der Waals surface area contributed by atoms with Crippen molar-refractivity contribution < 1.29 is 14.7 Å². The monoisotopic (exact) mass is 237 g/mol. The lowest BCUT2D eigenvalue weighted by molar-refractivity contribution is -0.141. The van der Waals surface area contributed by atoms with Gasteiger partial charge in [-0.1, -0.05) is 0 Å². The molecular weight excluding hydrogens is 218 g/mol. The van der Waals surface area contributed by atoms with Gasteiger partial charge in [0.1, 0.15) is 0 Å². The van der Waals surface area contributed by atoms with E-state index in [0.29, 0.717) is 18.9 Å². The number of hydrogen-bond acceptors (Lipinski definition) is 2. The SMILES string of the molecule is O=C(O)[C@@H]1CC[C@H](C(=O)N2CC3CCC2C3)C1. The zero-order chi connectivity index (χ0) is 12.0. The molecule has 3 fully saturated rings. The van der Waals surface area contributed by atoms with Crippen LogP contribution in [0.4, 0.5) is 0 Å². The molecule has 1 aliphatic heterocycles. The minimum Gasteiger partial charge on any atom is -0.481 e. The third kappa shape index (κ3) is 1.83. The molecular formula is C13H19NO3. The first-order valence-corrected chi connectivity index (χ1v) is 6.68. The number of carbonyl (C=O) groups is 2. The van der Waals surface area contributed by atoms with E-state index in [9.17, 15) is 9.59 Å². The Bertz CT molecular complexity index is 355. The summed E-state index contributed by atoms with van der Waals surface area (Å²) in [6, 6.07) is 0.469. The second-order valence-corrected chi connectivity index (χ2v) is 5.87. The molecule has 17 heavy (non-hydrogen) atoms. The van der Waals surface area contributed by atoms with Gasteiger partial charge in [0.25, 0.3) is 0 Å². The lowest BCUT2D eigenvalue weighted by Gasteiger charge is -2.29. The van der Waals surface area contributed by atoms with Gasteiger partial charge < -0.3 is 10.0 Å². The van der Waals surface area contributed by atoms with Gasteiger partial charge in [0.05, 0.1) is 5.92 Å². The van der Waals surface area contributed by atoms with E-state index >= 15 is 0 Å². The van der Waals surface area contributed by atoms with Gasteiger partial charge >= 0.3 is 5.97 Å². The lowest BCUT2D eigenvalue weighted by atomic mass is 10.0. The molecule has 94 valence electrons. The molecule has 4 heteroatoms. The number of carboxylic acids is 1. The molecule has 4 nitrogen and oxygen atoms in total. The summed E-state index contributed by atoms with van der Waals surface area (Å²) >= 11 is 0. The first kappa shape index (κ1) is 11.1. The van der Waals surface area contributed by atoms with Crippen LogP contribution in [-0.4, -0.2) is 34.5 Å². The number of nitrogens with zero attached hydrogens (tertiary/aromatic N) is 1. The summed E-state index contributed by atoms with van der Waals surface area (Å²) in [5, 5.41) is 8.96. The van der Waals surface area contributed by atoms with Crippen molar-refractivity contribution >= 4 is 11.9 Å². The Balaban J connectivity index is 1.62. The Morgan fingerprint density at radius 3 is 2.29 bits per heavy atom. The Labute approximate surface area is 101 Å². The third-order valence-corrected chi connectivity index (χ3v) is 4.82. The molecule has 3 rings (SSSR count). The van der Waals surface area contributed by atoms with E-state index in [1.807, 2.05) is 4.90 Å². The Hall–Kier alpha value is -1.06. The van der Waals surface area contributed by atoms with Crippen LogP contribution in [0.5, 0.6) is 0 Å². The predicted molar refractivity (Wildman–Crippen MR) is 61.3 cm³/mol. The van der Waals surface area contributed by atoms with Crippen LogP contribution in [-0.2, 0) is 9.59 Å². The van der Waals surface area contributed by atoms with Crippen LogP contribution in [0.2, 0.25) is 0 Å². The van der Waals surface area contributed by atoms with Crippen molar-refractivity contribution in [3.63, 3.8) is 0 Å². The van der Waals surface area contributed by atoms with Crippen molar-refractivity contribution in [1.29, 1.82) is 0 Å². The fraction of sp³-hybridized carbons (Fsp3) is 0.846. The molecule has 1 N–H and O–H groups in total. The maximum Gasteiger partial charge on any atom is 0.306 e. The number of aliphatic carboxylic acids is 1. The zero-order valence-electron chi connectivity index (χ0n) is 9.97. The van der Waals surface area contributed by atoms with Crippen molar-refractivity contribution in [2.75, 3.05) is 6.54 Å². The molecule has 4 atom stereocenters. The number of carbonyl (C=O) groups excluding carboxylic acids is 1. The molecule has 0 spiro atoms.